The second-order valence-corrected chi connectivity index (χ2v) is 4.29. The van der Waals surface area contributed by atoms with E-state index in [0.717, 1.165) is 6.42 Å². The summed E-state index contributed by atoms with van der Waals surface area (Å²) in [5.74, 6) is 0.255. The van der Waals surface area contributed by atoms with Gasteiger partial charge in [-0.05, 0) is 6.42 Å². The molecule has 0 saturated carbocycles. The van der Waals surface area contributed by atoms with Crippen molar-refractivity contribution in [3.8, 4) is 0 Å². The second kappa shape index (κ2) is 4.39. The molecule has 2 atom stereocenters. The molecule has 0 radical (unpaired) electrons. The van der Waals surface area contributed by atoms with Crippen LogP contribution in [0.15, 0.2) is 6.20 Å². The number of nitro groups is 1. The SMILES string of the molecule is CC1COCCC1n1ncc([N+](=O)[O-])c1Cl. The minimum Gasteiger partial charge on any atom is -0.381 e. The van der Waals surface area contributed by atoms with Crippen molar-refractivity contribution >= 4 is 17.3 Å². The zero-order chi connectivity index (χ0) is 11.7. The molecule has 0 aliphatic carbocycles. The molecule has 1 fully saturated rings. The van der Waals surface area contributed by atoms with Crippen LogP contribution in [-0.2, 0) is 4.74 Å². The Morgan fingerprint density at radius 1 is 1.75 bits per heavy atom. The first-order chi connectivity index (χ1) is 7.61. The summed E-state index contributed by atoms with van der Waals surface area (Å²) in [7, 11) is 0. The average Bonchev–Trinajstić information content (AvgIpc) is 2.61. The summed E-state index contributed by atoms with van der Waals surface area (Å²) in [6, 6.07) is 0.0787. The fraction of sp³-hybridized carbons (Fsp3) is 0.667. The van der Waals surface area contributed by atoms with Crippen molar-refractivity contribution in [1.29, 1.82) is 0 Å². The summed E-state index contributed by atoms with van der Waals surface area (Å²) in [6.07, 6.45) is 1.98. The summed E-state index contributed by atoms with van der Waals surface area (Å²) in [4.78, 5) is 10.1. The standard InChI is InChI=1S/C9H12ClN3O3/c1-6-5-16-3-2-7(6)12-9(10)8(4-11-12)13(14)15/h4,6-7H,2-3,5H2,1H3. The molecule has 2 heterocycles. The van der Waals surface area contributed by atoms with Crippen molar-refractivity contribution in [2.75, 3.05) is 13.2 Å². The minimum absolute atomic E-state index is 0.0787. The summed E-state index contributed by atoms with van der Waals surface area (Å²) in [6.45, 7) is 3.29. The Kier molecular flexibility index (Phi) is 3.11. The average molecular weight is 246 g/mol. The van der Waals surface area contributed by atoms with Crippen LogP contribution in [-0.4, -0.2) is 27.9 Å². The molecule has 88 valence electrons. The van der Waals surface area contributed by atoms with E-state index in [4.69, 9.17) is 16.3 Å². The van der Waals surface area contributed by atoms with E-state index in [1.807, 2.05) is 6.92 Å². The van der Waals surface area contributed by atoms with Crippen molar-refractivity contribution < 1.29 is 9.66 Å². The molecular formula is C9H12ClN3O3. The highest BCUT2D eigenvalue weighted by Crippen LogP contribution is 2.32. The maximum absolute atomic E-state index is 10.6. The van der Waals surface area contributed by atoms with Gasteiger partial charge < -0.3 is 4.74 Å². The van der Waals surface area contributed by atoms with Gasteiger partial charge in [-0.1, -0.05) is 18.5 Å². The van der Waals surface area contributed by atoms with E-state index in [9.17, 15) is 10.1 Å². The first kappa shape index (κ1) is 11.3. The lowest BCUT2D eigenvalue weighted by molar-refractivity contribution is -0.384. The van der Waals surface area contributed by atoms with E-state index >= 15 is 0 Å². The Bertz CT molecular complexity index is 407. The molecule has 0 amide bonds. The molecule has 1 aliphatic rings. The Morgan fingerprint density at radius 3 is 3.06 bits per heavy atom. The molecule has 1 aromatic rings. The van der Waals surface area contributed by atoms with Crippen molar-refractivity contribution in [3.63, 3.8) is 0 Å². The summed E-state index contributed by atoms with van der Waals surface area (Å²) in [5.41, 5.74) is -0.139. The third-order valence-electron chi connectivity index (χ3n) is 2.82. The number of ether oxygens (including phenoxy) is 1. The maximum Gasteiger partial charge on any atom is 0.325 e. The van der Waals surface area contributed by atoms with Crippen LogP contribution >= 0.6 is 11.6 Å². The number of hydrogen-bond acceptors (Lipinski definition) is 4. The monoisotopic (exact) mass is 245 g/mol. The van der Waals surface area contributed by atoms with Gasteiger partial charge in [-0.3, -0.25) is 10.1 Å². The molecule has 0 spiro atoms. The number of rotatable bonds is 2. The molecule has 2 rings (SSSR count). The topological polar surface area (TPSA) is 70.2 Å². The highest BCUT2D eigenvalue weighted by molar-refractivity contribution is 6.31. The quantitative estimate of drug-likeness (QED) is 0.591. The van der Waals surface area contributed by atoms with Crippen molar-refractivity contribution in [3.05, 3.63) is 21.5 Å². The molecule has 1 saturated heterocycles. The molecule has 0 N–H and O–H groups in total. The van der Waals surface area contributed by atoms with Gasteiger partial charge in [0.25, 0.3) is 0 Å². The maximum atomic E-state index is 10.6. The highest BCUT2D eigenvalue weighted by Gasteiger charge is 2.29. The fourth-order valence-electron chi connectivity index (χ4n) is 1.92. The Labute approximate surface area is 97.3 Å². The number of aromatic nitrogens is 2. The van der Waals surface area contributed by atoms with E-state index in [-0.39, 0.29) is 22.8 Å². The molecular weight excluding hydrogens is 234 g/mol. The minimum atomic E-state index is -0.518. The van der Waals surface area contributed by atoms with Gasteiger partial charge in [-0.2, -0.15) is 5.10 Å². The van der Waals surface area contributed by atoms with Crippen LogP contribution in [0.25, 0.3) is 0 Å². The van der Waals surface area contributed by atoms with Crippen LogP contribution in [0, 0.1) is 16.0 Å². The van der Waals surface area contributed by atoms with E-state index in [2.05, 4.69) is 5.10 Å². The normalized spacial score (nSPS) is 25.6. The lowest BCUT2D eigenvalue weighted by Crippen LogP contribution is -2.28. The van der Waals surface area contributed by atoms with E-state index in [1.165, 1.54) is 10.9 Å². The molecule has 7 heteroatoms. The first-order valence-corrected chi connectivity index (χ1v) is 5.44. The molecule has 1 aromatic heterocycles. The van der Waals surface area contributed by atoms with Crippen molar-refractivity contribution in [2.45, 2.75) is 19.4 Å². The predicted octanol–water partition coefficient (Wildman–Crippen LogP) is 2.04. The molecule has 2 unspecified atom stereocenters. The van der Waals surface area contributed by atoms with Gasteiger partial charge in [0.05, 0.1) is 17.6 Å². The van der Waals surface area contributed by atoms with Gasteiger partial charge in [0.1, 0.15) is 6.20 Å². The third-order valence-corrected chi connectivity index (χ3v) is 3.19. The van der Waals surface area contributed by atoms with Gasteiger partial charge >= 0.3 is 5.69 Å². The van der Waals surface area contributed by atoms with Crippen LogP contribution in [0.3, 0.4) is 0 Å². The first-order valence-electron chi connectivity index (χ1n) is 5.06. The van der Waals surface area contributed by atoms with Crippen LogP contribution in [0.1, 0.15) is 19.4 Å². The number of hydrogen-bond donors (Lipinski definition) is 0. The number of nitrogens with zero attached hydrogens (tertiary/aromatic N) is 3. The van der Waals surface area contributed by atoms with Crippen LogP contribution in [0.4, 0.5) is 5.69 Å². The van der Waals surface area contributed by atoms with Gasteiger partial charge in [0.2, 0.25) is 5.15 Å². The van der Waals surface area contributed by atoms with Crippen LogP contribution < -0.4 is 0 Å². The van der Waals surface area contributed by atoms with Crippen molar-refractivity contribution in [2.24, 2.45) is 5.92 Å². The molecule has 1 aliphatic heterocycles. The van der Waals surface area contributed by atoms with Crippen molar-refractivity contribution in [1.82, 2.24) is 9.78 Å². The third kappa shape index (κ3) is 1.90. The molecule has 16 heavy (non-hydrogen) atoms. The number of halogens is 1. The Morgan fingerprint density at radius 2 is 2.50 bits per heavy atom. The van der Waals surface area contributed by atoms with Gasteiger partial charge in [-0.15, -0.1) is 0 Å². The largest absolute Gasteiger partial charge is 0.381 e. The summed E-state index contributed by atoms with van der Waals surface area (Å²) >= 11 is 5.94. The Hall–Kier alpha value is -1.14. The zero-order valence-corrected chi connectivity index (χ0v) is 9.55. The van der Waals surface area contributed by atoms with Gasteiger partial charge in [-0.25, -0.2) is 4.68 Å². The van der Waals surface area contributed by atoms with Gasteiger partial charge in [0, 0.05) is 12.5 Å². The molecule has 0 bridgehead atoms. The smallest absolute Gasteiger partial charge is 0.325 e. The highest BCUT2D eigenvalue weighted by atomic mass is 35.5. The summed E-state index contributed by atoms with van der Waals surface area (Å²) < 4.78 is 6.84. The zero-order valence-electron chi connectivity index (χ0n) is 8.80. The lowest BCUT2D eigenvalue weighted by atomic mass is 9.98. The predicted molar refractivity (Wildman–Crippen MR) is 57.5 cm³/mol. The van der Waals surface area contributed by atoms with E-state index in [1.54, 1.807) is 0 Å². The second-order valence-electron chi connectivity index (χ2n) is 3.93. The fourth-order valence-corrected chi connectivity index (χ4v) is 2.21. The molecule has 6 nitrogen and oxygen atoms in total. The lowest BCUT2D eigenvalue weighted by Gasteiger charge is -2.29. The summed E-state index contributed by atoms with van der Waals surface area (Å²) in [5, 5.41) is 14.7. The van der Waals surface area contributed by atoms with Crippen LogP contribution in [0.2, 0.25) is 5.15 Å². The molecule has 0 aromatic carbocycles. The van der Waals surface area contributed by atoms with E-state index < -0.39 is 4.92 Å². The van der Waals surface area contributed by atoms with Crippen LogP contribution in [0.5, 0.6) is 0 Å². The Balaban J connectivity index is 2.29. The van der Waals surface area contributed by atoms with Gasteiger partial charge in [0.15, 0.2) is 0 Å². The van der Waals surface area contributed by atoms with E-state index in [0.29, 0.717) is 13.2 Å².